The zero-order valence-electron chi connectivity index (χ0n) is 14.5. The van der Waals surface area contributed by atoms with Gasteiger partial charge in [-0.05, 0) is 37.4 Å². The summed E-state index contributed by atoms with van der Waals surface area (Å²) in [6.45, 7) is 11.7. The average molecular weight is 350 g/mol. The Morgan fingerprint density at radius 2 is 1.86 bits per heavy atom. The van der Waals surface area contributed by atoms with Crippen LogP contribution in [-0.2, 0) is 18.9 Å². The van der Waals surface area contributed by atoms with Crippen LogP contribution in [0.1, 0.15) is 52.9 Å². The minimum absolute atomic E-state index is 0.0474. The van der Waals surface area contributed by atoms with Crippen LogP contribution in [-0.4, -0.2) is 35.5 Å². The predicted octanol–water partition coefficient (Wildman–Crippen LogP) is 3.19. The molecule has 1 heterocycles. The van der Waals surface area contributed by atoms with Gasteiger partial charge in [-0.15, -0.1) is 0 Å². The molecule has 1 saturated heterocycles. The monoisotopic (exact) mass is 349 g/mol. The second-order valence-corrected chi connectivity index (χ2v) is 14.3. The Labute approximate surface area is 136 Å². The SMILES string of the molecule is CC(C)(C)[Si](C)(C)OCC[C@@H]1NS(=O)(=O)O[C@@H]2CCCC[C@@H]12. The van der Waals surface area contributed by atoms with Gasteiger partial charge in [-0.3, -0.25) is 4.18 Å². The molecule has 3 atom stereocenters. The van der Waals surface area contributed by atoms with Crippen molar-refractivity contribution in [3.63, 3.8) is 0 Å². The van der Waals surface area contributed by atoms with Crippen molar-refractivity contribution in [3.8, 4) is 0 Å². The Hall–Kier alpha value is 0.0469. The molecule has 1 aliphatic carbocycles. The van der Waals surface area contributed by atoms with Gasteiger partial charge in [0.1, 0.15) is 0 Å². The lowest BCUT2D eigenvalue weighted by Crippen LogP contribution is -2.54. The van der Waals surface area contributed by atoms with E-state index in [1.165, 1.54) is 0 Å². The van der Waals surface area contributed by atoms with Gasteiger partial charge in [0.05, 0.1) is 6.10 Å². The van der Waals surface area contributed by atoms with E-state index in [4.69, 9.17) is 8.61 Å². The van der Waals surface area contributed by atoms with Gasteiger partial charge in [-0.25, -0.2) is 0 Å². The van der Waals surface area contributed by atoms with Gasteiger partial charge in [-0.2, -0.15) is 13.1 Å². The Morgan fingerprint density at radius 1 is 1.23 bits per heavy atom. The van der Waals surface area contributed by atoms with Crippen LogP contribution in [0.15, 0.2) is 0 Å². The Kier molecular flexibility index (Phi) is 5.44. The molecular weight excluding hydrogens is 318 g/mol. The number of nitrogens with one attached hydrogen (secondary N) is 1. The number of hydrogen-bond acceptors (Lipinski definition) is 4. The van der Waals surface area contributed by atoms with Crippen molar-refractivity contribution < 1.29 is 17.0 Å². The maximum atomic E-state index is 11.9. The summed E-state index contributed by atoms with van der Waals surface area (Å²) in [6, 6.07) is -0.0474. The summed E-state index contributed by atoms with van der Waals surface area (Å²) in [5.41, 5.74) is 0. The third-order valence-electron chi connectivity index (χ3n) is 5.51. The van der Waals surface area contributed by atoms with Crippen LogP contribution < -0.4 is 4.72 Å². The fourth-order valence-electron chi connectivity index (χ4n) is 3.10. The van der Waals surface area contributed by atoms with Crippen molar-refractivity contribution in [1.29, 1.82) is 0 Å². The normalized spacial score (nSPS) is 32.5. The molecule has 0 spiro atoms. The van der Waals surface area contributed by atoms with Gasteiger partial charge in [0.2, 0.25) is 0 Å². The van der Waals surface area contributed by atoms with Crippen molar-refractivity contribution in [2.75, 3.05) is 6.61 Å². The molecule has 1 aliphatic heterocycles. The number of fused-ring (bicyclic) bond motifs is 1. The Balaban J connectivity index is 1.95. The van der Waals surface area contributed by atoms with Crippen LogP contribution in [0.5, 0.6) is 0 Å². The lowest BCUT2D eigenvalue weighted by Gasteiger charge is -2.41. The molecule has 0 amide bonds. The molecular formula is C15H31NO4SSi. The van der Waals surface area contributed by atoms with Gasteiger partial charge in [0.25, 0.3) is 0 Å². The van der Waals surface area contributed by atoms with Crippen molar-refractivity contribution in [3.05, 3.63) is 0 Å². The Morgan fingerprint density at radius 3 is 2.50 bits per heavy atom. The molecule has 0 aromatic rings. The summed E-state index contributed by atoms with van der Waals surface area (Å²) in [7, 11) is -5.37. The molecule has 22 heavy (non-hydrogen) atoms. The highest BCUT2D eigenvalue weighted by Gasteiger charge is 2.42. The van der Waals surface area contributed by atoms with Crippen molar-refractivity contribution in [2.24, 2.45) is 5.92 Å². The smallest absolute Gasteiger partial charge is 0.336 e. The van der Waals surface area contributed by atoms with Crippen molar-refractivity contribution in [1.82, 2.24) is 4.72 Å². The maximum absolute atomic E-state index is 11.9. The minimum atomic E-state index is -3.59. The van der Waals surface area contributed by atoms with E-state index in [0.717, 1.165) is 32.1 Å². The number of rotatable bonds is 4. The summed E-state index contributed by atoms with van der Waals surface area (Å²) >= 11 is 0. The van der Waals surface area contributed by atoms with Crippen LogP contribution in [0.25, 0.3) is 0 Å². The summed E-state index contributed by atoms with van der Waals surface area (Å²) in [5, 5.41) is 0.176. The molecule has 0 aromatic heterocycles. The molecule has 0 unspecified atom stereocenters. The third kappa shape index (κ3) is 4.32. The summed E-state index contributed by atoms with van der Waals surface area (Å²) in [6.07, 6.45) is 4.70. The van der Waals surface area contributed by atoms with Gasteiger partial charge >= 0.3 is 10.3 Å². The van der Waals surface area contributed by atoms with E-state index in [1.54, 1.807) is 0 Å². The summed E-state index contributed by atoms with van der Waals surface area (Å²) in [5.74, 6) is 0.292. The summed E-state index contributed by atoms with van der Waals surface area (Å²) in [4.78, 5) is 0. The lowest BCUT2D eigenvalue weighted by molar-refractivity contribution is 0.0485. The predicted molar refractivity (Wildman–Crippen MR) is 90.4 cm³/mol. The first-order valence-corrected chi connectivity index (χ1v) is 12.7. The molecule has 2 fully saturated rings. The molecule has 7 heteroatoms. The van der Waals surface area contributed by atoms with E-state index in [9.17, 15) is 8.42 Å². The molecule has 130 valence electrons. The first-order chi connectivity index (χ1) is 10.0. The van der Waals surface area contributed by atoms with Crippen LogP contribution in [0.3, 0.4) is 0 Å². The van der Waals surface area contributed by atoms with Crippen LogP contribution in [0.2, 0.25) is 18.1 Å². The molecule has 0 bridgehead atoms. The molecule has 1 saturated carbocycles. The molecule has 2 aliphatic rings. The second kappa shape index (κ2) is 6.51. The fourth-order valence-corrected chi connectivity index (χ4v) is 5.44. The zero-order chi connectivity index (χ0) is 16.6. The molecule has 0 aromatic carbocycles. The quantitative estimate of drug-likeness (QED) is 0.792. The van der Waals surface area contributed by atoms with E-state index in [0.29, 0.717) is 12.5 Å². The van der Waals surface area contributed by atoms with Gasteiger partial charge in [0.15, 0.2) is 8.32 Å². The number of hydrogen-bond donors (Lipinski definition) is 1. The van der Waals surface area contributed by atoms with Crippen molar-refractivity contribution in [2.45, 2.75) is 83.2 Å². The molecule has 5 nitrogen and oxygen atoms in total. The highest BCUT2D eigenvalue weighted by Crippen LogP contribution is 2.38. The highest BCUT2D eigenvalue weighted by molar-refractivity contribution is 7.84. The first kappa shape index (κ1) is 18.4. The van der Waals surface area contributed by atoms with Crippen LogP contribution in [0, 0.1) is 5.92 Å². The third-order valence-corrected chi connectivity index (χ3v) is 11.1. The van der Waals surface area contributed by atoms with Gasteiger partial charge < -0.3 is 4.43 Å². The average Bonchev–Trinajstić information content (AvgIpc) is 2.35. The largest absolute Gasteiger partial charge is 0.417 e. The van der Waals surface area contributed by atoms with E-state index >= 15 is 0 Å². The van der Waals surface area contributed by atoms with Crippen LogP contribution >= 0.6 is 0 Å². The second-order valence-electron chi connectivity index (χ2n) is 8.16. The first-order valence-electron chi connectivity index (χ1n) is 8.36. The van der Waals surface area contributed by atoms with Crippen molar-refractivity contribution >= 4 is 18.6 Å². The van der Waals surface area contributed by atoms with Gasteiger partial charge in [0, 0.05) is 18.6 Å². The summed E-state index contributed by atoms with van der Waals surface area (Å²) < 4.78 is 37.9. The standard InChI is InChI=1S/C15H31NO4SSi/c1-15(2,3)22(4,5)19-11-10-13-12-8-6-7-9-14(12)20-21(17,18)16-13/h12-14,16H,6-11H2,1-5H3/t12-,13-,14+/m0/s1. The van der Waals surface area contributed by atoms with E-state index in [1.807, 2.05) is 0 Å². The molecule has 0 radical (unpaired) electrons. The van der Waals surface area contributed by atoms with E-state index in [2.05, 4.69) is 38.6 Å². The Bertz CT molecular complexity index is 486. The highest BCUT2D eigenvalue weighted by atomic mass is 32.2. The maximum Gasteiger partial charge on any atom is 0.336 e. The molecule has 2 rings (SSSR count). The van der Waals surface area contributed by atoms with E-state index in [-0.39, 0.29) is 17.2 Å². The van der Waals surface area contributed by atoms with Gasteiger partial charge in [-0.1, -0.05) is 33.6 Å². The van der Waals surface area contributed by atoms with Crippen LogP contribution in [0.4, 0.5) is 0 Å². The lowest BCUT2D eigenvalue weighted by atomic mass is 9.81. The fraction of sp³-hybridized carbons (Fsp3) is 1.00. The van der Waals surface area contributed by atoms with E-state index < -0.39 is 18.6 Å². The minimum Gasteiger partial charge on any atom is -0.417 e. The zero-order valence-corrected chi connectivity index (χ0v) is 16.3. The molecule has 1 N–H and O–H groups in total. The topological polar surface area (TPSA) is 64.6 Å².